The summed E-state index contributed by atoms with van der Waals surface area (Å²) in [6.07, 6.45) is 6.92. The van der Waals surface area contributed by atoms with Crippen LogP contribution in [0.15, 0.2) is 22.8 Å². The summed E-state index contributed by atoms with van der Waals surface area (Å²) < 4.78 is 5.33. The molecular formula is C14H24N2O. The van der Waals surface area contributed by atoms with Crippen LogP contribution in [0.25, 0.3) is 0 Å². The lowest BCUT2D eigenvalue weighted by atomic mass is 10.0. The first-order valence-electron chi connectivity index (χ1n) is 6.86. The highest BCUT2D eigenvalue weighted by atomic mass is 16.3. The number of unbranched alkanes of at least 4 members (excludes halogenated alkanes) is 1. The summed E-state index contributed by atoms with van der Waals surface area (Å²) in [4.78, 5) is 2.59. The molecule has 0 saturated carbocycles. The van der Waals surface area contributed by atoms with Gasteiger partial charge in [-0.1, -0.05) is 13.3 Å². The molecule has 0 bridgehead atoms. The van der Waals surface area contributed by atoms with E-state index in [-0.39, 0.29) is 0 Å². The summed E-state index contributed by atoms with van der Waals surface area (Å²) in [5.74, 6) is 1.04. The minimum Gasteiger partial charge on any atom is -0.468 e. The van der Waals surface area contributed by atoms with E-state index in [1.165, 1.54) is 45.3 Å². The smallest absolute Gasteiger partial charge is 0.117 e. The lowest BCUT2D eigenvalue weighted by molar-refractivity contribution is 0.193. The van der Waals surface area contributed by atoms with Crippen LogP contribution < -0.4 is 5.32 Å². The number of piperidine rings is 1. The van der Waals surface area contributed by atoms with Crippen molar-refractivity contribution in [2.75, 3.05) is 19.6 Å². The van der Waals surface area contributed by atoms with Gasteiger partial charge in [0, 0.05) is 6.04 Å². The van der Waals surface area contributed by atoms with Crippen molar-refractivity contribution in [2.45, 2.75) is 45.2 Å². The largest absolute Gasteiger partial charge is 0.468 e. The van der Waals surface area contributed by atoms with Crippen LogP contribution in [-0.4, -0.2) is 30.6 Å². The molecule has 3 nitrogen and oxygen atoms in total. The molecule has 1 saturated heterocycles. The highest BCUT2D eigenvalue weighted by Crippen LogP contribution is 2.12. The third-order valence-electron chi connectivity index (χ3n) is 3.56. The predicted molar refractivity (Wildman–Crippen MR) is 69.9 cm³/mol. The fraction of sp³-hybridized carbons (Fsp3) is 0.714. The fourth-order valence-corrected chi connectivity index (χ4v) is 2.40. The molecule has 1 fully saturated rings. The molecular weight excluding hydrogens is 212 g/mol. The lowest BCUT2D eigenvalue weighted by Gasteiger charge is -2.32. The number of hydrogen-bond donors (Lipinski definition) is 1. The Bertz CT molecular complexity index is 289. The lowest BCUT2D eigenvalue weighted by Crippen LogP contribution is -2.42. The Morgan fingerprint density at radius 1 is 1.41 bits per heavy atom. The van der Waals surface area contributed by atoms with E-state index < -0.39 is 0 Å². The van der Waals surface area contributed by atoms with Crippen LogP contribution in [-0.2, 0) is 6.54 Å². The maximum absolute atomic E-state index is 5.33. The number of nitrogens with one attached hydrogen (secondary N) is 1. The van der Waals surface area contributed by atoms with Gasteiger partial charge in [-0.15, -0.1) is 0 Å². The Kier molecular flexibility index (Phi) is 5.08. The van der Waals surface area contributed by atoms with E-state index >= 15 is 0 Å². The Hall–Kier alpha value is -0.800. The van der Waals surface area contributed by atoms with E-state index in [2.05, 4.69) is 17.1 Å². The highest BCUT2D eigenvalue weighted by molar-refractivity contribution is 4.98. The van der Waals surface area contributed by atoms with Crippen molar-refractivity contribution in [3.05, 3.63) is 24.2 Å². The fourth-order valence-electron chi connectivity index (χ4n) is 2.40. The highest BCUT2D eigenvalue weighted by Gasteiger charge is 2.18. The van der Waals surface area contributed by atoms with E-state index in [1.54, 1.807) is 6.26 Å². The van der Waals surface area contributed by atoms with Crippen molar-refractivity contribution in [3.63, 3.8) is 0 Å². The van der Waals surface area contributed by atoms with Gasteiger partial charge in [0.15, 0.2) is 0 Å². The van der Waals surface area contributed by atoms with Gasteiger partial charge in [-0.25, -0.2) is 0 Å². The molecule has 3 heteroatoms. The van der Waals surface area contributed by atoms with Gasteiger partial charge in [-0.3, -0.25) is 0 Å². The van der Waals surface area contributed by atoms with Gasteiger partial charge in [0.1, 0.15) is 5.76 Å². The summed E-state index contributed by atoms with van der Waals surface area (Å²) in [6.45, 7) is 6.90. The first-order valence-corrected chi connectivity index (χ1v) is 6.86. The molecule has 1 aromatic rings. The minimum atomic E-state index is 0.665. The van der Waals surface area contributed by atoms with Crippen LogP contribution in [0.5, 0.6) is 0 Å². The second-order valence-corrected chi connectivity index (χ2v) is 4.93. The van der Waals surface area contributed by atoms with Crippen LogP contribution >= 0.6 is 0 Å². The molecule has 1 aromatic heterocycles. The molecule has 0 aliphatic carbocycles. The zero-order valence-corrected chi connectivity index (χ0v) is 10.8. The number of likely N-dealkylation sites (tertiary alicyclic amines) is 1. The normalized spacial score (nSPS) is 18.6. The van der Waals surface area contributed by atoms with Crippen molar-refractivity contribution in [1.29, 1.82) is 0 Å². The first kappa shape index (κ1) is 12.7. The summed E-state index contributed by atoms with van der Waals surface area (Å²) in [5.41, 5.74) is 0. The number of hydrogen-bond acceptors (Lipinski definition) is 3. The molecule has 1 aliphatic heterocycles. The standard InChI is InChI=1S/C14H24N2O/c1-2-3-8-16-9-6-13(7-10-16)15-12-14-5-4-11-17-14/h4-5,11,13,15H,2-3,6-10,12H2,1H3. The zero-order chi connectivity index (χ0) is 11.9. The Balaban J connectivity index is 1.62. The molecule has 2 rings (SSSR count). The molecule has 0 atom stereocenters. The SMILES string of the molecule is CCCCN1CCC(NCc2ccco2)CC1. The molecule has 1 N–H and O–H groups in total. The summed E-state index contributed by atoms with van der Waals surface area (Å²) >= 11 is 0. The number of rotatable bonds is 6. The van der Waals surface area contributed by atoms with Crippen molar-refractivity contribution in [3.8, 4) is 0 Å². The number of furan rings is 1. The van der Waals surface area contributed by atoms with Crippen LogP contribution in [0.2, 0.25) is 0 Å². The maximum atomic E-state index is 5.33. The van der Waals surface area contributed by atoms with Gasteiger partial charge < -0.3 is 14.6 Å². The zero-order valence-electron chi connectivity index (χ0n) is 10.8. The predicted octanol–water partition coefficient (Wildman–Crippen LogP) is 2.63. The third kappa shape index (κ3) is 4.17. The average Bonchev–Trinajstić information content (AvgIpc) is 2.88. The quantitative estimate of drug-likeness (QED) is 0.823. The van der Waals surface area contributed by atoms with Crippen LogP contribution in [0.3, 0.4) is 0 Å². The van der Waals surface area contributed by atoms with Crippen LogP contribution in [0.1, 0.15) is 38.4 Å². The van der Waals surface area contributed by atoms with E-state index in [0.29, 0.717) is 6.04 Å². The van der Waals surface area contributed by atoms with Crippen molar-refractivity contribution < 1.29 is 4.42 Å². The molecule has 2 heterocycles. The molecule has 0 radical (unpaired) electrons. The second-order valence-electron chi connectivity index (χ2n) is 4.93. The summed E-state index contributed by atoms with van der Waals surface area (Å²) in [6, 6.07) is 4.64. The van der Waals surface area contributed by atoms with Crippen LogP contribution in [0, 0.1) is 0 Å². The van der Waals surface area contributed by atoms with Crippen molar-refractivity contribution in [2.24, 2.45) is 0 Å². The Morgan fingerprint density at radius 3 is 2.88 bits per heavy atom. The second kappa shape index (κ2) is 6.82. The molecule has 1 aliphatic rings. The molecule has 0 spiro atoms. The van der Waals surface area contributed by atoms with E-state index in [9.17, 15) is 0 Å². The molecule has 17 heavy (non-hydrogen) atoms. The topological polar surface area (TPSA) is 28.4 Å². The monoisotopic (exact) mass is 236 g/mol. The van der Waals surface area contributed by atoms with Crippen molar-refractivity contribution >= 4 is 0 Å². The average molecular weight is 236 g/mol. The van der Waals surface area contributed by atoms with Gasteiger partial charge in [0.2, 0.25) is 0 Å². The van der Waals surface area contributed by atoms with E-state index in [4.69, 9.17) is 4.42 Å². The molecule has 0 aromatic carbocycles. The Labute approximate surface area is 104 Å². The van der Waals surface area contributed by atoms with E-state index in [0.717, 1.165) is 12.3 Å². The van der Waals surface area contributed by atoms with Gasteiger partial charge in [0.25, 0.3) is 0 Å². The van der Waals surface area contributed by atoms with Gasteiger partial charge in [-0.05, 0) is 51.0 Å². The summed E-state index contributed by atoms with van der Waals surface area (Å²) in [5, 5.41) is 3.58. The van der Waals surface area contributed by atoms with Gasteiger partial charge in [-0.2, -0.15) is 0 Å². The molecule has 0 unspecified atom stereocenters. The van der Waals surface area contributed by atoms with Crippen LogP contribution in [0.4, 0.5) is 0 Å². The van der Waals surface area contributed by atoms with Gasteiger partial charge >= 0.3 is 0 Å². The Morgan fingerprint density at radius 2 is 2.24 bits per heavy atom. The maximum Gasteiger partial charge on any atom is 0.117 e. The first-order chi connectivity index (χ1) is 8.38. The molecule has 0 amide bonds. The van der Waals surface area contributed by atoms with Crippen molar-refractivity contribution in [1.82, 2.24) is 10.2 Å². The van der Waals surface area contributed by atoms with Gasteiger partial charge in [0.05, 0.1) is 12.8 Å². The minimum absolute atomic E-state index is 0.665. The number of nitrogens with zero attached hydrogens (tertiary/aromatic N) is 1. The van der Waals surface area contributed by atoms with E-state index in [1.807, 2.05) is 12.1 Å². The summed E-state index contributed by atoms with van der Waals surface area (Å²) in [7, 11) is 0. The molecule has 96 valence electrons. The third-order valence-corrected chi connectivity index (χ3v) is 3.56.